The van der Waals surface area contributed by atoms with Crippen LogP contribution in [0.15, 0.2) is 0 Å². The largest absolute Gasteiger partial charge is 0.481 e. The van der Waals surface area contributed by atoms with E-state index in [1.165, 1.54) is 4.90 Å². The van der Waals surface area contributed by atoms with Crippen molar-refractivity contribution in [2.45, 2.75) is 31.7 Å². The summed E-state index contributed by atoms with van der Waals surface area (Å²) in [6, 6.07) is -0.351. The van der Waals surface area contributed by atoms with Gasteiger partial charge in [0.05, 0.1) is 5.92 Å². The number of carbonyl (C=O) groups is 3. The first-order valence-electron chi connectivity index (χ1n) is 6.39. The summed E-state index contributed by atoms with van der Waals surface area (Å²) < 4.78 is 0. The van der Waals surface area contributed by atoms with Gasteiger partial charge in [-0.1, -0.05) is 0 Å². The number of hydrogen-bond acceptors (Lipinski definition) is 3. The lowest BCUT2D eigenvalue weighted by atomic mass is 10.1. The molecule has 19 heavy (non-hydrogen) atoms. The molecule has 108 valence electrons. The van der Waals surface area contributed by atoms with E-state index < -0.39 is 5.97 Å². The van der Waals surface area contributed by atoms with Crippen LogP contribution in [0, 0.1) is 5.92 Å². The first-order chi connectivity index (χ1) is 8.93. The quantitative estimate of drug-likeness (QED) is 0.656. The third-order valence-electron chi connectivity index (χ3n) is 3.41. The Morgan fingerprint density at radius 1 is 1.32 bits per heavy atom. The number of carboxylic acids is 1. The minimum absolute atomic E-state index is 0.0870. The molecule has 1 aliphatic rings. The average molecular weight is 271 g/mol. The van der Waals surface area contributed by atoms with Crippen LogP contribution in [-0.2, 0) is 9.59 Å². The lowest BCUT2D eigenvalue weighted by Gasteiger charge is -2.20. The lowest BCUT2D eigenvalue weighted by Crippen LogP contribution is -2.43. The van der Waals surface area contributed by atoms with Gasteiger partial charge in [-0.15, -0.1) is 0 Å². The number of hydrogen-bond donors (Lipinski definition) is 3. The van der Waals surface area contributed by atoms with Gasteiger partial charge in [0.25, 0.3) is 0 Å². The molecule has 7 nitrogen and oxygen atoms in total. The Morgan fingerprint density at radius 3 is 2.53 bits per heavy atom. The van der Waals surface area contributed by atoms with Crippen LogP contribution in [0.2, 0.25) is 0 Å². The molecule has 0 aromatic heterocycles. The summed E-state index contributed by atoms with van der Waals surface area (Å²) in [6.07, 6.45) is 2.02. The van der Waals surface area contributed by atoms with Crippen molar-refractivity contribution in [2.75, 3.05) is 20.6 Å². The van der Waals surface area contributed by atoms with E-state index in [1.807, 2.05) is 0 Å². The highest BCUT2D eigenvalue weighted by Crippen LogP contribution is 2.25. The Balaban J connectivity index is 2.31. The zero-order chi connectivity index (χ0) is 14.4. The van der Waals surface area contributed by atoms with Crippen molar-refractivity contribution in [3.05, 3.63) is 0 Å². The van der Waals surface area contributed by atoms with Gasteiger partial charge in [0.15, 0.2) is 0 Å². The predicted molar refractivity (Wildman–Crippen MR) is 68.6 cm³/mol. The fraction of sp³-hybridized carbons (Fsp3) is 0.750. The topological polar surface area (TPSA) is 98.7 Å². The molecule has 1 rings (SSSR count). The molecule has 1 fully saturated rings. The molecule has 0 bridgehead atoms. The number of nitrogens with zero attached hydrogens (tertiary/aromatic N) is 1. The van der Waals surface area contributed by atoms with E-state index in [4.69, 9.17) is 5.11 Å². The van der Waals surface area contributed by atoms with E-state index in [9.17, 15) is 14.4 Å². The smallest absolute Gasteiger partial charge is 0.317 e. The summed E-state index contributed by atoms with van der Waals surface area (Å²) in [7, 11) is 3.16. The maximum atomic E-state index is 11.8. The van der Waals surface area contributed by atoms with Gasteiger partial charge < -0.3 is 20.6 Å². The Morgan fingerprint density at radius 2 is 2.00 bits per heavy atom. The van der Waals surface area contributed by atoms with Gasteiger partial charge in [-0.2, -0.15) is 0 Å². The van der Waals surface area contributed by atoms with Crippen molar-refractivity contribution < 1.29 is 19.5 Å². The van der Waals surface area contributed by atoms with Gasteiger partial charge in [-0.05, 0) is 19.3 Å². The lowest BCUT2D eigenvalue weighted by molar-refractivity contribution is -0.141. The normalized spacial score (nSPS) is 21.8. The van der Waals surface area contributed by atoms with Crippen LogP contribution in [0.5, 0.6) is 0 Å². The maximum absolute atomic E-state index is 11.8. The van der Waals surface area contributed by atoms with E-state index in [2.05, 4.69) is 10.6 Å². The zero-order valence-electron chi connectivity index (χ0n) is 11.3. The molecular formula is C12H21N3O4. The van der Waals surface area contributed by atoms with Crippen molar-refractivity contribution in [3.8, 4) is 0 Å². The third-order valence-corrected chi connectivity index (χ3v) is 3.41. The fourth-order valence-electron chi connectivity index (χ4n) is 2.12. The second-order valence-electron chi connectivity index (χ2n) is 4.84. The van der Waals surface area contributed by atoms with Gasteiger partial charge >= 0.3 is 12.0 Å². The van der Waals surface area contributed by atoms with Gasteiger partial charge in [-0.25, -0.2) is 4.79 Å². The van der Waals surface area contributed by atoms with Crippen LogP contribution < -0.4 is 10.6 Å². The minimum atomic E-state index is -0.801. The first-order valence-corrected chi connectivity index (χ1v) is 6.39. The average Bonchev–Trinajstić information content (AvgIpc) is 2.83. The molecule has 3 amide bonds. The molecule has 0 aliphatic heterocycles. The van der Waals surface area contributed by atoms with Crippen molar-refractivity contribution in [2.24, 2.45) is 5.92 Å². The molecule has 0 heterocycles. The Kier molecular flexibility index (Phi) is 5.59. The molecule has 3 N–H and O–H groups in total. The molecule has 2 unspecified atom stereocenters. The SMILES string of the molecule is CNC(=O)CCN(C)C(=O)NC1CCC(C(=O)O)C1. The molecule has 0 radical (unpaired) electrons. The Bertz CT molecular complexity index is 359. The minimum Gasteiger partial charge on any atom is -0.481 e. The Hall–Kier alpha value is -1.79. The van der Waals surface area contributed by atoms with Crippen LogP contribution >= 0.6 is 0 Å². The molecule has 2 atom stereocenters. The van der Waals surface area contributed by atoms with Crippen LogP contribution in [0.25, 0.3) is 0 Å². The molecule has 7 heteroatoms. The molecule has 0 aromatic rings. The number of urea groups is 1. The highest BCUT2D eigenvalue weighted by atomic mass is 16.4. The zero-order valence-corrected chi connectivity index (χ0v) is 11.3. The van der Waals surface area contributed by atoms with Crippen LogP contribution in [0.3, 0.4) is 0 Å². The van der Waals surface area contributed by atoms with Crippen molar-refractivity contribution in [1.29, 1.82) is 0 Å². The predicted octanol–water partition coefficient (Wildman–Crippen LogP) is 0.0172. The second kappa shape index (κ2) is 6.96. The van der Waals surface area contributed by atoms with E-state index in [0.29, 0.717) is 25.8 Å². The number of nitrogens with one attached hydrogen (secondary N) is 2. The van der Waals surface area contributed by atoms with Gasteiger partial charge in [-0.3, -0.25) is 9.59 Å². The van der Waals surface area contributed by atoms with Gasteiger partial charge in [0.1, 0.15) is 0 Å². The molecular weight excluding hydrogens is 250 g/mol. The van der Waals surface area contributed by atoms with Crippen LogP contribution in [-0.4, -0.2) is 54.6 Å². The molecule has 0 saturated heterocycles. The van der Waals surface area contributed by atoms with Crippen molar-refractivity contribution in [1.82, 2.24) is 15.5 Å². The third kappa shape index (κ3) is 4.76. The highest BCUT2D eigenvalue weighted by molar-refractivity contribution is 5.78. The number of aliphatic carboxylic acids is 1. The van der Waals surface area contributed by atoms with Gasteiger partial charge in [0, 0.05) is 33.1 Å². The van der Waals surface area contributed by atoms with Crippen molar-refractivity contribution >= 4 is 17.9 Å². The summed E-state index contributed by atoms with van der Waals surface area (Å²) >= 11 is 0. The first kappa shape index (κ1) is 15.3. The highest BCUT2D eigenvalue weighted by Gasteiger charge is 2.30. The molecule has 0 aromatic carbocycles. The number of carboxylic acid groups (broad SMARTS) is 1. The van der Waals surface area contributed by atoms with Crippen molar-refractivity contribution in [3.63, 3.8) is 0 Å². The van der Waals surface area contributed by atoms with E-state index in [1.54, 1.807) is 14.1 Å². The summed E-state index contributed by atoms with van der Waals surface area (Å²) in [5.41, 5.74) is 0. The van der Waals surface area contributed by atoms with Crippen LogP contribution in [0.4, 0.5) is 4.79 Å². The summed E-state index contributed by atoms with van der Waals surface area (Å²) in [6.45, 7) is 0.334. The Labute approximate surface area is 112 Å². The summed E-state index contributed by atoms with van der Waals surface area (Å²) in [5, 5.41) is 14.2. The van der Waals surface area contributed by atoms with E-state index in [0.717, 1.165) is 0 Å². The monoisotopic (exact) mass is 271 g/mol. The summed E-state index contributed by atoms with van der Waals surface area (Å²) in [5.74, 6) is -1.28. The van der Waals surface area contributed by atoms with E-state index >= 15 is 0 Å². The second-order valence-corrected chi connectivity index (χ2v) is 4.84. The number of amides is 3. The molecule has 1 saturated carbocycles. The van der Waals surface area contributed by atoms with Gasteiger partial charge in [0.2, 0.25) is 5.91 Å². The maximum Gasteiger partial charge on any atom is 0.317 e. The standard InChI is InChI=1S/C12H21N3O4/c1-13-10(16)5-6-15(2)12(19)14-9-4-3-8(7-9)11(17)18/h8-9H,3-7H2,1-2H3,(H,13,16)(H,14,19)(H,17,18). The number of carbonyl (C=O) groups excluding carboxylic acids is 2. The summed E-state index contributed by atoms with van der Waals surface area (Å²) in [4.78, 5) is 35.1. The number of rotatable bonds is 5. The van der Waals surface area contributed by atoms with E-state index in [-0.39, 0.29) is 30.3 Å². The molecule has 1 aliphatic carbocycles. The fourth-order valence-corrected chi connectivity index (χ4v) is 2.12. The molecule has 0 spiro atoms. The van der Waals surface area contributed by atoms with Crippen LogP contribution in [0.1, 0.15) is 25.7 Å².